The smallest absolute Gasteiger partial charge is 0.306 e. The van der Waals surface area contributed by atoms with Crippen LogP contribution in [0.1, 0.15) is 24.5 Å². The number of ether oxygens (including phenoxy) is 2. The Kier molecular flexibility index (Phi) is 6.31. The minimum absolute atomic E-state index is 0.0561. The minimum Gasteiger partial charge on any atom is -0.489 e. The van der Waals surface area contributed by atoms with Crippen LogP contribution in [0.25, 0.3) is 0 Å². The van der Waals surface area contributed by atoms with Crippen molar-refractivity contribution in [1.29, 1.82) is 0 Å². The summed E-state index contributed by atoms with van der Waals surface area (Å²) in [5.41, 5.74) is 1.58. The quantitative estimate of drug-likeness (QED) is 0.419. The molecule has 0 heterocycles. The fourth-order valence-electron chi connectivity index (χ4n) is 2.20. The first-order chi connectivity index (χ1) is 11.6. The molecule has 0 spiro atoms. The van der Waals surface area contributed by atoms with Gasteiger partial charge in [-0.1, -0.05) is 30.3 Å². The molecule has 0 aliphatic carbocycles. The third-order valence-electron chi connectivity index (χ3n) is 3.33. The molecule has 0 saturated carbocycles. The van der Waals surface area contributed by atoms with E-state index < -0.39 is 4.92 Å². The molecule has 6 heteroatoms. The van der Waals surface area contributed by atoms with Crippen LogP contribution in [0, 0.1) is 10.1 Å². The lowest BCUT2D eigenvalue weighted by atomic mass is 10.1. The normalized spacial score (nSPS) is 10.2. The number of esters is 1. The van der Waals surface area contributed by atoms with Crippen molar-refractivity contribution in [3.8, 4) is 5.75 Å². The highest BCUT2D eigenvalue weighted by molar-refractivity contribution is 5.69. The van der Waals surface area contributed by atoms with E-state index in [9.17, 15) is 14.9 Å². The first-order valence-corrected chi connectivity index (χ1v) is 7.69. The van der Waals surface area contributed by atoms with Gasteiger partial charge in [0, 0.05) is 12.5 Å². The summed E-state index contributed by atoms with van der Waals surface area (Å²) in [5.74, 6) is 0.0858. The van der Waals surface area contributed by atoms with E-state index in [4.69, 9.17) is 9.47 Å². The van der Waals surface area contributed by atoms with Crippen LogP contribution in [-0.2, 0) is 22.6 Å². The Morgan fingerprint density at radius 3 is 2.54 bits per heavy atom. The number of hydrogen-bond acceptors (Lipinski definition) is 5. The van der Waals surface area contributed by atoms with Crippen LogP contribution in [0.15, 0.2) is 48.5 Å². The summed E-state index contributed by atoms with van der Waals surface area (Å²) in [6.07, 6.45) is 0.537. The molecule has 0 aromatic heterocycles. The highest BCUT2D eigenvalue weighted by Crippen LogP contribution is 2.24. The Morgan fingerprint density at radius 2 is 1.88 bits per heavy atom. The van der Waals surface area contributed by atoms with Gasteiger partial charge in [0.25, 0.3) is 5.69 Å². The van der Waals surface area contributed by atoms with Gasteiger partial charge in [-0.05, 0) is 30.5 Å². The van der Waals surface area contributed by atoms with Crippen molar-refractivity contribution in [3.63, 3.8) is 0 Å². The van der Waals surface area contributed by atoms with Crippen molar-refractivity contribution in [1.82, 2.24) is 0 Å². The zero-order chi connectivity index (χ0) is 17.4. The van der Waals surface area contributed by atoms with Gasteiger partial charge in [0.15, 0.2) is 0 Å². The molecule has 2 aromatic carbocycles. The highest BCUT2D eigenvalue weighted by Gasteiger charge is 2.12. The topological polar surface area (TPSA) is 78.7 Å². The molecular formula is C18H19NO5. The molecule has 0 aliphatic rings. The van der Waals surface area contributed by atoms with E-state index in [0.29, 0.717) is 30.9 Å². The monoisotopic (exact) mass is 329 g/mol. The molecule has 0 radical (unpaired) electrons. The fourth-order valence-corrected chi connectivity index (χ4v) is 2.20. The van der Waals surface area contributed by atoms with Crippen LogP contribution in [0.4, 0.5) is 5.69 Å². The van der Waals surface area contributed by atoms with Crippen molar-refractivity contribution in [2.75, 3.05) is 6.61 Å². The number of benzene rings is 2. The fraction of sp³-hybridized carbons (Fsp3) is 0.278. The van der Waals surface area contributed by atoms with E-state index >= 15 is 0 Å². The maximum Gasteiger partial charge on any atom is 0.306 e. The van der Waals surface area contributed by atoms with Crippen LogP contribution in [0.2, 0.25) is 0 Å². The number of nitro groups is 1. The molecular weight excluding hydrogens is 310 g/mol. The lowest BCUT2D eigenvalue weighted by molar-refractivity contribution is -0.385. The van der Waals surface area contributed by atoms with E-state index in [0.717, 1.165) is 5.56 Å². The number of carbonyl (C=O) groups excluding carboxylic acids is 1. The molecule has 6 nitrogen and oxygen atoms in total. The van der Waals surface area contributed by atoms with Crippen molar-refractivity contribution >= 4 is 11.7 Å². The van der Waals surface area contributed by atoms with Crippen LogP contribution in [0.3, 0.4) is 0 Å². The zero-order valence-corrected chi connectivity index (χ0v) is 13.4. The molecule has 0 atom stereocenters. The Labute approximate surface area is 140 Å². The predicted octanol–water partition coefficient (Wildman–Crippen LogP) is 3.67. The van der Waals surface area contributed by atoms with Gasteiger partial charge in [0.05, 0.1) is 17.6 Å². The van der Waals surface area contributed by atoms with E-state index in [2.05, 4.69) is 0 Å². The molecule has 0 unspecified atom stereocenters. The minimum atomic E-state index is -0.469. The summed E-state index contributed by atoms with van der Waals surface area (Å²) in [5, 5.41) is 11.1. The lowest BCUT2D eigenvalue weighted by Gasteiger charge is -2.09. The van der Waals surface area contributed by atoms with Crippen molar-refractivity contribution in [2.24, 2.45) is 0 Å². The molecule has 24 heavy (non-hydrogen) atoms. The number of nitrogens with zero attached hydrogens (tertiary/aromatic N) is 1. The van der Waals surface area contributed by atoms with Crippen LogP contribution in [0.5, 0.6) is 5.75 Å². The molecule has 0 amide bonds. The summed E-state index contributed by atoms with van der Waals surface area (Å²) in [4.78, 5) is 22.1. The second-order valence-corrected chi connectivity index (χ2v) is 5.17. The van der Waals surface area contributed by atoms with Gasteiger partial charge >= 0.3 is 5.97 Å². The molecule has 0 bridgehead atoms. The van der Waals surface area contributed by atoms with Gasteiger partial charge in [0.1, 0.15) is 12.4 Å². The maximum atomic E-state index is 11.4. The predicted molar refractivity (Wildman–Crippen MR) is 88.8 cm³/mol. The second-order valence-electron chi connectivity index (χ2n) is 5.17. The number of nitro benzene ring substituents is 1. The number of carbonyl (C=O) groups is 1. The van der Waals surface area contributed by atoms with Crippen LogP contribution in [-0.4, -0.2) is 17.5 Å². The molecule has 126 valence electrons. The van der Waals surface area contributed by atoms with Crippen molar-refractivity contribution in [2.45, 2.75) is 26.4 Å². The Hall–Kier alpha value is -2.89. The molecule has 0 saturated heterocycles. The summed E-state index contributed by atoms with van der Waals surface area (Å²) in [6, 6.07) is 14.1. The van der Waals surface area contributed by atoms with Gasteiger partial charge in [-0.15, -0.1) is 0 Å². The second kappa shape index (κ2) is 8.67. The molecule has 2 rings (SSSR count). The van der Waals surface area contributed by atoms with Crippen LogP contribution < -0.4 is 4.74 Å². The van der Waals surface area contributed by atoms with Crippen LogP contribution >= 0.6 is 0 Å². The number of aryl methyl sites for hydroxylation is 1. The van der Waals surface area contributed by atoms with Gasteiger partial charge < -0.3 is 9.47 Å². The summed E-state index contributed by atoms with van der Waals surface area (Å²) >= 11 is 0. The largest absolute Gasteiger partial charge is 0.489 e. The van der Waals surface area contributed by atoms with E-state index in [1.807, 2.05) is 30.3 Å². The molecule has 2 aromatic rings. The van der Waals surface area contributed by atoms with Gasteiger partial charge in [-0.2, -0.15) is 0 Å². The van der Waals surface area contributed by atoms with E-state index in [1.54, 1.807) is 13.0 Å². The summed E-state index contributed by atoms with van der Waals surface area (Å²) < 4.78 is 10.5. The van der Waals surface area contributed by atoms with Gasteiger partial charge in [-0.25, -0.2) is 0 Å². The number of rotatable bonds is 8. The number of hydrogen-bond donors (Lipinski definition) is 0. The Balaban J connectivity index is 2.09. The standard InChI is InChI=1S/C18H19NO5/c1-2-23-18(20)9-8-15-10-16(19(21)22)12-17(11-15)24-13-14-6-4-3-5-7-14/h3-7,10-12H,2,8-9,13H2,1H3. The third kappa shape index (κ3) is 5.39. The van der Waals surface area contributed by atoms with Gasteiger partial charge in [-0.3, -0.25) is 14.9 Å². The van der Waals surface area contributed by atoms with E-state index in [1.165, 1.54) is 12.1 Å². The molecule has 0 fully saturated rings. The molecule has 0 aliphatic heterocycles. The van der Waals surface area contributed by atoms with Crippen molar-refractivity contribution in [3.05, 3.63) is 69.8 Å². The SMILES string of the molecule is CCOC(=O)CCc1cc(OCc2ccccc2)cc([N+](=O)[O-])c1. The molecule has 0 N–H and O–H groups in total. The zero-order valence-electron chi connectivity index (χ0n) is 13.4. The third-order valence-corrected chi connectivity index (χ3v) is 3.33. The Bertz CT molecular complexity index is 700. The average Bonchev–Trinajstić information content (AvgIpc) is 2.59. The number of non-ortho nitro benzene ring substituents is 1. The first-order valence-electron chi connectivity index (χ1n) is 7.69. The average molecular weight is 329 g/mol. The summed E-state index contributed by atoms with van der Waals surface area (Å²) in [6.45, 7) is 2.37. The van der Waals surface area contributed by atoms with Crippen molar-refractivity contribution < 1.29 is 19.2 Å². The lowest BCUT2D eigenvalue weighted by Crippen LogP contribution is -2.05. The Morgan fingerprint density at radius 1 is 1.12 bits per heavy atom. The summed E-state index contributed by atoms with van der Waals surface area (Å²) in [7, 11) is 0. The maximum absolute atomic E-state index is 11.4. The first kappa shape index (κ1) is 17.5. The van der Waals surface area contributed by atoms with E-state index in [-0.39, 0.29) is 18.1 Å². The van der Waals surface area contributed by atoms with Gasteiger partial charge in [0.2, 0.25) is 0 Å². The highest BCUT2D eigenvalue weighted by atomic mass is 16.6.